The van der Waals surface area contributed by atoms with Gasteiger partial charge in [0.1, 0.15) is 0 Å². The Morgan fingerprint density at radius 2 is 1.29 bits per heavy atom. The Labute approximate surface area is 84.3 Å². The first-order valence-corrected chi connectivity index (χ1v) is 4.57. The summed E-state index contributed by atoms with van der Waals surface area (Å²) in [7, 11) is 0. The third-order valence-corrected chi connectivity index (χ3v) is 3.18. The molecule has 0 aromatic carbocycles. The van der Waals surface area contributed by atoms with Crippen LogP contribution in [0.15, 0.2) is 0 Å². The van der Waals surface area contributed by atoms with Crippen LogP contribution in [0.1, 0.15) is 27.7 Å². The highest BCUT2D eigenvalue weighted by Gasteiger charge is 2.60. The number of hydrogen-bond acceptors (Lipinski definition) is 3. The van der Waals surface area contributed by atoms with Crippen molar-refractivity contribution in [1.82, 2.24) is 5.06 Å². The fourth-order valence-corrected chi connectivity index (χ4v) is 2.28. The van der Waals surface area contributed by atoms with Gasteiger partial charge in [-0.05, 0) is 27.7 Å². The van der Waals surface area contributed by atoms with Crippen LogP contribution in [-0.2, 0) is 5.21 Å². The number of hydroxylamine groups is 2. The Balaban J connectivity index is 3.24. The summed E-state index contributed by atoms with van der Waals surface area (Å²) in [5.74, 6) is -1.06. The second kappa shape index (κ2) is 2.95. The van der Waals surface area contributed by atoms with Gasteiger partial charge in [0.25, 0.3) is 0 Å². The molecule has 0 spiro atoms. The molecular weight excluding hydrogens is 178 g/mol. The van der Waals surface area contributed by atoms with E-state index in [1.165, 1.54) is 0 Å². The van der Waals surface area contributed by atoms with Gasteiger partial charge in [0.15, 0.2) is 0 Å². The fraction of sp³-hybridized carbons (Fsp3) is 0.800. The van der Waals surface area contributed by atoms with E-state index < -0.39 is 22.9 Å². The molecule has 0 amide bonds. The maximum Gasteiger partial charge on any atom is 0.0842 e. The molecule has 1 aliphatic rings. The smallest absolute Gasteiger partial charge is 0.0842 e. The first-order chi connectivity index (χ1) is 6.30. The second-order valence-corrected chi connectivity index (χ2v) is 4.82. The molecule has 0 bridgehead atoms. The molecule has 4 heteroatoms. The topological polar surface area (TPSA) is 70.7 Å². The lowest BCUT2D eigenvalue weighted by atomic mass is 9.79. The molecule has 0 aliphatic carbocycles. The normalized spacial score (nSPS) is 34.8. The number of rotatable bonds is 0. The predicted octanol–water partition coefficient (Wildman–Crippen LogP) is 1.48. The minimum atomic E-state index is -0.779. The summed E-state index contributed by atoms with van der Waals surface area (Å²) in [6, 6.07) is 4.15. The van der Waals surface area contributed by atoms with Crippen molar-refractivity contribution in [1.29, 1.82) is 10.5 Å². The van der Waals surface area contributed by atoms with Crippen molar-refractivity contribution in [3.8, 4) is 12.1 Å². The van der Waals surface area contributed by atoms with Gasteiger partial charge in [0.05, 0.1) is 35.1 Å². The van der Waals surface area contributed by atoms with E-state index in [2.05, 4.69) is 12.1 Å². The van der Waals surface area contributed by atoms with Crippen molar-refractivity contribution >= 4 is 0 Å². The first kappa shape index (κ1) is 11.0. The first-order valence-electron chi connectivity index (χ1n) is 4.57. The third kappa shape index (κ3) is 1.12. The van der Waals surface area contributed by atoms with E-state index in [0.717, 1.165) is 5.06 Å². The third-order valence-electron chi connectivity index (χ3n) is 3.18. The van der Waals surface area contributed by atoms with Crippen LogP contribution in [0, 0.1) is 34.5 Å². The van der Waals surface area contributed by atoms with Crippen molar-refractivity contribution in [2.24, 2.45) is 11.8 Å². The number of nitrogens with zero attached hydrogens (tertiary/aromatic N) is 3. The molecule has 1 radical (unpaired) electrons. The maximum atomic E-state index is 11.9. The molecule has 2 atom stereocenters. The van der Waals surface area contributed by atoms with E-state index in [-0.39, 0.29) is 0 Å². The van der Waals surface area contributed by atoms with E-state index in [9.17, 15) is 5.21 Å². The largest absolute Gasteiger partial charge is 0.198 e. The van der Waals surface area contributed by atoms with Crippen molar-refractivity contribution < 1.29 is 5.21 Å². The Hall–Kier alpha value is -1.10. The van der Waals surface area contributed by atoms with E-state index >= 15 is 0 Å². The van der Waals surface area contributed by atoms with Crippen molar-refractivity contribution in [2.75, 3.05) is 0 Å². The number of hydrogen-bond donors (Lipinski definition) is 0. The van der Waals surface area contributed by atoms with Gasteiger partial charge in [-0.1, -0.05) is 0 Å². The quantitative estimate of drug-likeness (QED) is 0.583. The Kier molecular flexibility index (Phi) is 2.31. The van der Waals surface area contributed by atoms with Crippen LogP contribution >= 0.6 is 0 Å². The second-order valence-electron chi connectivity index (χ2n) is 4.82. The molecule has 1 fully saturated rings. The average molecular weight is 192 g/mol. The van der Waals surface area contributed by atoms with E-state index in [0.29, 0.717) is 0 Å². The summed E-state index contributed by atoms with van der Waals surface area (Å²) in [4.78, 5) is 0. The maximum absolute atomic E-state index is 11.9. The zero-order valence-corrected chi connectivity index (χ0v) is 8.90. The molecule has 14 heavy (non-hydrogen) atoms. The number of nitriles is 2. The van der Waals surface area contributed by atoms with Crippen LogP contribution in [0.4, 0.5) is 0 Å². The van der Waals surface area contributed by atoms with Crippen LogP contribution in [0.3, 0.4) is 0 Å². The van der Waals surface area contributed by atoms with Gasteiger partial charge in [0.2, 0.25) is 0 Å². The molecular formula is C10H14N3O. The van der Waals surface area contributed by atoms with Gasteiger partial charge < -0.3 is 0 Å². The molecule has 0 saturated carbocycles. The van der Waals surface area contributed by atoms with Gasteiger partial charge in [-0.15, -0.1) is 10.3 Å². The van der Waals surface area contributed by atoms with E-state index in [1.54, 1.807) is 27.7 Å². The lowest BCUT2D eigenvalue weighted by Gasteiger charge is -2.32. The summed E-state index contributed by atoms with van der Waals surface area (Å²) in [6.45, 7) is 6.86. The van der Waals surface area contributed by atoms with Gasteiger partial charge in [0, 0.05) is 0 Å². The van der Waals surface area contributed by atoms with Crippen molar-refractivity contribution in [3.63, 3.8) is 0 Å². The highest BCUT2D eigenvalue weighted by Crippen LogP contribution is 2.47. The van der Waals surface area contributed by atoms with Gasteiger partial charge >= 0.3 is 0 Å². The molecule has 1 rings (SSSR count). The molecule has 0 unspecified atom stereocenters. The van der Waals surface area contributed by atoms with Crippen molar-refractivity contribution in [3.05, 3.63) is 0 Å². The van der Waals surface area contributed by atoms with Crippen LogP contribution in [0.5, 0.6) is 0 Å². The van der Waals surface area contributed by atoms with E-state index in [4.69, 9.17) is 10.5 Å². The summed E-state index contributed by atoms with van der Waals surface area (Å²) in [6.07, 6.45) is 0. The summed E-state index contributed by atoms with van der Waals surface area (Å²) in [5, 5.41) is 30.8. The van der Waals surface area contributed by atoms with Crippen LogP contribution in [0.25, 0.3) is 0 Å². The Bertz CT molecular complexity index is 289. The van der Waals surface area contributed by atoms with E-state index in [1.807, 2.05) is 0 Å². The standard InChI is InChI=1S/C10H14N3O/c1-9(2)7(5-11)8(6-12)10(3,4)13(9)14/h7-8H,1-4H3/t7-,8-/m1/s1. The lowest BCUT2D eigenvalue weighted by Crippen LogP contribution is -2.46. The predicted molar refractivity (Wildman–Crippen MR) is 48.9 cm³/mol. The van der Waals surface area contributed by atoms with Crippen molar-refractivity contribution in [2.45, 2.75) is 38.8 Å². The SMILES string of the molecule is CC1(C)[C@H](C#N)[C@@H](C#N)C(C)(C)N1[O]. The van der Waals surface area contributed by atoms with Crippen LogP contribution in [-0.4, -0.2) is 16.1 Å². The Morgan fingerprint density at radius 1 is 1.00 bits per heavy atom. The fourth-order valence-electron chi connectivity index (χ4n) is 2.28. The molecule has 0 N–H and O–H groups in total. The summed E-state index contributed by atoms with van der Waals surface area (Å²) in [5.41, 5.74) is -1.56. The Morgan fingerprint density at radius 3 is 1.50 bits per heavy atom. The molecule has 4 nitrogen and oxygen atoms in total. The average Bonchev–Trinajstić information content (AvgIpc) is 2.22. The molecule has 1 aliphatic heterocycles. The highest BCUT2D eigenvalue weighted by atomic mass is 16.5. The minimum absolute atomic E-state index is 0.528. The molecule has 1 heterocycles. The monoisotopic (exact) mass is 192 g/mol. The van der Waals surface area contributed by atoms with Gasteiger partial charge in [-0.3, -0.25) is 0 Å². The zero-order chi connectivity index (χ0) is 11.1. The van der Waals surface area contributed by atoms with Gasteiger partial charge in [-0.2, -0.15) is 10.5 Å². The summed E-state index contributed by atoms with van der Waals surface area (Å²) < 4.78 is 0. The molecule has 0 aromatic rings. The van der Waals surface area contributed by atoms with Crippen LogP contribution in [0.2, 0.25) is 0 Å². The summed E-state index contributed by atoms with van der Waals surface area (Å²) >= 11 is 0. The molecule has 75 valence electrons. The highest BCUT2D eigenvalue weighted by molar-refractivity contribution is 5.20. The zero-order valence-electron chi connectivity index (χ0n) is 8.90. The molecule has 1 saturated heterocycles. The lowest BCUT2D eigenvalue weighted by molar-refractivity contribution is -0.248. The van der Waals surface area contributed by atoms with Crippen LogP contribution < -0.4 is 0 Å². The van der Waals surface area contributed by atoms with Gasteiger partial charge in [-0.25, -0.2) is 0 Å². The minimum Gasteiger partial charge on any atom is -0.198 e. The molecule has 0 aromatic heterocycles.